The van der Waals surface area contributed by atoms with E-state index in [9.17, 15) is 4.79 Å². The molecule has 4 heterocycles. The number of hydrogen-bond donors (Lipinski definition) is 0. The number of likely N-dealkylation sites (tertiary alicyclic amines) is 2. The van der Waals surface area contributed by atoms with Crippen LogP contribution in [0.1, 0.15) is 64.9 Å². The zero-order valence-electron chi connectivity index (χ0n) is 24.8. The molecule has 2 aromatic rings. The van der Waals surface area contributed by atoms with E-state index in [0.717, 1.165) is 49.8 Å². The summed E-state index contributed by atoms with van der Waals surface area (Å²) in [4.78, 5) is 17.0. The number of thiophene rings is 1. The van der Waals surface area contributed by atoms with Gasteiger partial charge in [0.1, 0.15) is 5.60 Å². The Labute approximate surface area is 257 Å². The molecule has 0 aliphatic carbocycles. The van der Waals surface area contributed by atoms with E-state index in [0.29, 0.717) is 17.9 Å². The summed E-state index contributed by atoms with van der Waals surface area (Å²) in [5.41, 5.74) is 0.546. The van der Waals surface area contributed by atoms with E-state index in [1.165, 1.54) is 25.1 Å². The molecule has 0 amide bonds. The average molecular weight is 608 g/mol. The number of carbonyl (C=O) groups excluding carboxylic acids is 1. The second-order valence-corrected chi connectivity index (χ2v) is 12.6. The number of hydrogen-bond acceptors (Lipinski definition) is 5. The Bertz CT molecular complexity index is 1010. The fourth-order valence-electron chi connectivity index (χ4n) is 5.57. The highest BCUT2D eigenvalue weighted by Gasteiger charge is 2.55. The summed E-state index contributed by atoms with van der Waals surface area (Å²) >= 11 is 13.7. The summed E-state index contributed by atoms with van der Waals surface area (Å²) in [7, 11) is 2.12. The molecule has 4 nitrogen and oxygen atoms in total. The first kappa shape index (κ1) is 34.6. The maximum atomic E-state index is 12.3. The molecule has 1 aromatic carbocycles. The molecule has 7 heteroatoms. The summed E-state index contributed by atoms with van der Waals surface area (Å²) in [6.45, 7) is 19.2. The Morgan fingerprint density at radius 2 is 1.70 bits per heavy atom. The average Bonchev–Trinajstić information content (AvgIpc) is 3.69. The van der Waals surface area contributed by atoms with Crippen LogP contribution >= 0.6 is 34.5 Å². The zero-order chi connectivity index (χ0) is 29.6. The van der Waals surface area contributed by atoms with Gasteiger partial charge in [-0.3, -0.25) is 9.69 Å². The molecule has 1 atom stereocenters. The number of piperidine rings is 1. The number of carbonyl (C=O) groups is 1. The van der Waals surface area contributed by atoms with Crippen molar-refractivity contribution in [2.45, 2.75) is 71.4 Å². The SMILES string of the molecule is C=CCC1(CC=C)CC2(CCN(C)CC2)OC1=O.CC.C[C@@H]1CCN(Cc2ccc(Cl)cc2Cl)C1.c1ccsc1. The first-order valence-electron chi connectivity index (χ1n) is 14.5. The van der Waals surface area contributed by atoms with Crippen molar-refractivity contribution < 1.29 is 9.53 Å². The van der Waals surface area contributed by atoms with Gasteiger partial charge in [-0.1, -0.05) is 74.3 Å². The minimum atomic E-state index is -0.403. The number of nitrogens with zero attached hydrogens (tertiary/aromatic N) is 2. The standard InChI is InChI=1S/C15H23NO2.C12H15Cl2N.C4H4S.C2H6/c1-4-6-14(7-5-2)12-15(18-13(14)17)8-10-16(3)11-9-15;1-9-4-5-15(7-9)8-10-2-3-11(13)6-12(10)14;1-2-4-5-3-1;1-2/h4-5H,1-2,6-12H2,3H3;2-3,6,9H,4-5,7-8H2,1H3;1-4H;1-2H3/t;9-;;/m.1../s1. The van der Waals surface area contributed by atoms with Crippen LogP contribution in [-0.4, -0.2) is 54.6 Å². The topological polar surface area (TPSA) is 32.8 Å². The van der Waals surface area contributed by atoms with E-state index in [1.54, 1.807) is 11.3 Å². The highest BCUT2D eigenvalue weighted by atomic mass is 35.5. The van der Waals surface area contributed by atoms with Gasteiger partial charge in [0, 0.05) is 42.6 Å². The molecular formula is C33H48Cl2N2O2S. The lowest BCUT2D eigenvalue weighted by Gasteiger charge is -2.36. The third-order valence-corrected chi connectivity index (χ3v) is 8.93. The van der Waals surface area contributed by atoms with Crippen LogP contribution in [0.3, 0.4) is 0 Å². The van der Waals surface area contributed by atoms with Gasteiger partial charge < -0.3 is 9.64 Å². The fourth-order valence-corrected chi connectivity index (χ4v) is 6.49. The van der Waals surface area contributed by atoms with Crippen molar-refractivity contribution >= 4 is 40.5 Å². The minimum absolute atomic E-state index is 0.0492. The summed E-state index contributed by atoms with van der Waals surface area (Å²) in [5, 5.41) is 5.57. The maximum absolute atomic E-state index is 12.3. The van der Waals surface area contributed by atoms with E-state index >= 15 is 0 Å². The Morgan fingerprint density at radius 1 is 1.07 bits per heavy atom. The van der Waals surface area contributed by atoms with Gasteiger partial charge in [0.2, 0.25) is 0 Å². The largest absolute Gasteiger partial charge is 0.458 e. The fraction of sp³-hybridized carbons (Fsp3) is 0.545. The molecule has 222 valence electrons. The molecule has 1 aromatic heterocycles. The van der Waals surface area contributed by atoms with Crippen molar-refractivity contribution in [2.75, 3.05) is 33.2 Å². The number of esters is 1. The Kier molecular flexibility index (Phi) is 15.0. The van der Waals surface area contributed by atoms with Crippen LogP contribution in [0.25, 0.3) is 0 Å². The van der Waals surface area contributed by atoms with Crippen LogP contribution in [0, 0.1) is 11.3 Å². The number of ether oxygens (including phenoxy) is 1. The van der Waals surface area contributed by atoms with Gasteiger partial charge in [-0.2, -0.15) is 11.3 Å². The van der Waals surface area contributed by atoms with Crippen molar-refractivity contribution in [3.05, 3.63) is 82.0 Å². The molecule has 0 N–H and O–H groups in total. The second-order valence-electron chi connectivity index (χ2n) is 11.0. The van der Waals surface area contributed by atoms with Crippen LogP contribution in [0.4, 0.5) is 0 Å². The van der Waals surface area contributed by atoms with Crippen molar-refractivity contribution in [1.29, 1.82) is 0 Å². The summed E-state index contributed by atoms with van der Waals surface area (Å²) < 4.78 is 5.80. The number of benzene rings is 1. The maximum Gasteiger partial charge on any atom is 0.313 e. The van der Waals surface area contributed by atoms with Crippen LogP contribution in [0.5, 0.6) is 0 Å². The number of rotatable bonds is 6. The summed E-state index contributed by atoms with van der Waals surface area (Å²) in [6.07, 6.45) is 9.06. The molecular weight excluding hydrogens is 559 g/mol. The predicted molar refractivity (Wildman–Crippen MR) is 173 cm³/mol. The van der Waals surface area contributed by atoms with E-state index in [4.69, 9.17) is 27.9 Å². The lowest BCUT2D eigenvalue weighted by atomic mass is 9.73. The smallest absolute Gasteiger partial charge is 0.313 e. The summed E-state index contributed by atoms with van der Waals surface area (Å²) in [6, 6.07) is 9.78. The third-order valence-electron chi connectivity index (χ3n) is 7.71. The summed E-state index contributed by atoms with van der Waals surface area (Å²) in [5.74, 6) is 0.767. The molecule has 0 saturated carbocycles. The molecule has 1 spiro atoms. The molecule has 40 heavy (non-hydrogen) atoms. The Hall–Kier alpha value is -1.63. The quantitative estimate of drug-likeness (QED) is 0.242. The zero-order valence-corrected chi connectivity index (χ0v) is 27.2. The van der Waals surface area contributed by atoms with E-state index in [-0.39, 0.29) is 11.6 Å². The van der Waals surface area contributed by atoms with Crippen LogP contribution in [0.2, 0.25) is 10.0 Å². The van der Waals surface area contributed by atoms with Crippen molar-refractivity contribution in [3.63, 3.8) is 0 Å². The number of halogens is 2. The monoisotopic (exact) mass is 606 g/mol. The normalized spacial score (nSPS) is 21.1. The van der Waals surface area contributed by atoms with Gasteiger partial charge in [-0.05, 0) is 80.1 Å². The first-order chi connectivity index (χ1) is 19.2. The van der Waals surface area contributed by atoms with Gasteiger partial charge in [0.15, 0.2) is 0 Å². The molecule has 0 radical (unpaired) electrons. The second kappa shape index (κ2) is 17.4. The van der Waals surface area contributed by atoms with E-state index in [1.807, 2.05) is 67.1 Å². The molecule has 3 aliphatic rings. The van der Waals surface area contributed by atoms with Gasteiger partial charge >= 0.3 is 5.97 Å². The van der Waals surface area contributed by atoms with Gasteiger partial charge in [0.25, 0.3) is 0 Å². The molecule has 5 rings (SSSR count). The lowest BCUT2D eigenvalue weighted by molar-refractivity contribution is -0.156. The molecule has 0 unspecified atom stereocenters. The predicted octanol–water partition coefficient (Wildman–Crippen LogP) is 9.15. The molecule has 3 saturated heterocycles. The third kappa shape index (κ3) is 10.3. The number of allylic oxidation sites excluding steroid dienone is 2. The highest BCUT2D eigenvalue weighted by Crippen LogP contribution is 2.50. The Morgan fingerprint density at radius 3 is 2.17 bits per heavy atom. The minimum Gasteiger partial charge on any atom is -0.458 e. The van der Waals surface area contributed by atoms with Crippen LogP contribution in [0.15, 0.2) is 66.4 Å². The van der Waals surface area contributed by atoms with Gasteiger partial charge in [0.05, 0.1) is 5.41 Å². The van der Waals surface area contributed by atoms with Gasteiger partial charge in [-0.25, -0.2) is 0 Å². The van der Waals surface area contributed by atoms with Crippen molar-refractivity contribution in [3.8, 4) is 0 Å². The highest BCUT2D eigenvalue weighted by molar-refractivity contribution is 7.07. The van der Waals surface area contributed by atoms with E-state index < -0.39 is 5.41 Å². The van der Waals surface area contributed by atoms with Crippen LogP contribution < -0.4 is 0 Å². The van der Waals surface area contributed by atoms with Crippen molar-refractivity contribution in [2.24, 2.45) is 11.3 Å². The molecule has 3 fully saturated rings. The Balaban J connectivity index is 0.000000229. The molecule has 0 bridgehead atoms. The van der Waals surface area contributed by atoms with Crippen molar-refractivity contribution in [1.82, 2.24) is 9.80 Å². The van der Waals surface area contributed by atoms with E-state index in [2.05, 4.69) is 36.9 Å². The lowest BCUT2D eigenvalue weighted by Crippen LogP contribution is -2.42. The van der Waals surface area contributed by atoms with Gasteiger partial charge in [-0.15, -0.1) is 13.2 Å². The molecule has 3 aliphatic heterocycles. The first-order valence-corrected chi connectivity index (χ1v) is 16.2. The van der Waals surface area contributed by atoms with Crippen LogP contribution in [-0.2, 0) is 16.1 Å².